The lowest BCUT2D eigenvalue weighted by Gasteiger charge is -2.24. The van der Waals surface area contributed by atoms with Gasteiger partial charge in [-0.25, -0.2) is 0 Å². The first-order valence-corrected chi connectivity index (χ1v) is 6.99. The van der Waals surface area contributed by atoms with Crippen molar-refractivity contribution in [2.75, 3.05) is 11.9 Å². The fourth-order valence-corrected chi connectivity index (χ4v) is 2.73. The predicted molar refractivity (Wildman–Crippen MR) is 78.4 cm³/mol. The first-order chi connectivity index (χ1) is 9.29. The van der Waals surface area contributed by atoms with Crippen molar-refractivity contribution in [3.63, 3.8) is 0 Å². The number of benzene rings is 1. The number of fused-ring (bicyclic) bond motifs is 3. The van der Waals surface area contributed by atoms with Gasteiger partial charge >= 0.3 is 0 Å². The maximum Gasteiger partial charge on any atom is 0.148 e. The quantitative estimate of drug-likeness (QED) is 0.907. The van der Waals surface area contributed by atoms with E-state index in [4.69, 9.17) is 0 Å². The summed E-state index contributed by atoms with van der Waals surface area (Å²) in [4.78, 5) is 0. The van der Waals surface area contributed by atoms with E-state index in [-0.39, 0.29) is 0 Å². The maximum absolute atomic E-state index is 4.44. The number of anilines is 1. The van der Waals surface area contributed by atoms with Crippen molar-refractivity contribution in [1.82, 2.24) is 10.2 Å². The molecule has 1 aliphatic rings. The van der Waals surface area contributed by atoms with Gasteiger partial charge in [0.15, 0.2) is 0 Å². The average Bonchev–Trinajstić information content (AvgIpc) is 2.45. The molecule has 0 bridgehead atoms. The Balaban J connectivity index is 2.02. The maximum atomic E-state index is 4.44. The van der Waals surface area contributed by atoms with E-state index in [1.165, 1.54) is 16.7 Å². The molecule has 2 aromatic rings. The standard InChI is InChI=1S/C16H19N3/c1-3-8-17-15-10-12-9-11(2)13-6-4-5-7-14(13)16(12)19-18-15/h4-7,10-11H,3,8-9H2,1-2H3,(H,17,18). The topological polar surface area (TPSA) is 37.8 Å². The van der Waals surface area contributed by atoms with Gasteiger partial charge in [0.2, 0.25) is 0 Å². The van der Waals surface area contributed by atoms with Gasteiger partial charge in [-0.2, -0.15) is 0 Å². The van der Waals surface area contributed by atoms with Crippen molar-refractivity contribution < 1.29 is 0 Å². The van der Waals surface area contributed by atoms with Crippen LogP contribution in [0.2, 0.25) is 0 Å². The van der Waals surface area contributed by atoms with E-state index in [2.05, 4.69) is 59.7 Å². The highest BCUT2D eigenvalue weighted by molar-refractivity contribution is 5.71. The molecular formula is C16H19N3. The summed E-state index contributed by atoms with van der Waals surface area (Å²) in [5.41, 5.74) is 4.99. The van der Waals surface area contributed by atoms with Crippen molar-refractivity contribution in [2.24, 2.45) is 0 Å². The van der Waals surface area contributed by atoms with Crippen LogP contribution in [-0.2, 0) is 6.42 Å². The summed E-state index contributed by atoms with van der Waals surface area (Å²) in [5, 5.41) is 12.0. The smallest absolute Gasteiger partial charge is 0.148 e. The van der Waals surface area contributed by atoms with Crippen LogP contribution >= 0.6 is 0 Å². The van der Waals surface area contributed by atoms with E-state index < -0.39 is 0 Å². The summed E-state index contributed by atoms with van der Waals surface area (Å²) >= 11 is 0. The zero-order valence-electron chi connectivity index (χ0n) is 11.5. The average molecular weight is 253 g/mol. The second-order valence-corrected chi connectivity index (χ2v) is 5.22. The van der Waals surface area contributed by atoms with Crippen LogP contribution in [-0.4, -0.2) is 16.7 Å². The molecule has 1 atom stereocenters. The Morgan fingerprint density at radius 1 is 1.26 bits per heavy atom. The molecule has 1 N–H and O–H groups in total. The second kappa shape index (κ2) is 5.00. The zero-order valence-corrected chi connectivity index (χ0v) is 11.5. The van der Waals surface area contributed by atoms with Crippen LogP contribution in [0.15, 0.2) is 30.3 Å². The number of nitrogens with one attached hydrogen (secondary N) is 1. The van der Waals surface area contributed by atoms with Crippen LogP contribution < -0.4 is 5.32 Å². The van der Waals surface area contributed by atoms with E-state index in [1.807, 2.05) is 0 Å². The van der Waals surface area contributed by atoms with Crippen molar-refractivity contribution >= 4 is 5.82 Å². The highest BCUT2D eigenvalue weighted by Gasteiger charge is 2.23. The lowest BCUT2D eigenvalue weighted by atomic mass is 9.82. The lowest BCUT2D eigenvalue weighted by Crippen LogP contribution is -2.12. The highest BCUT2D eigenvalue weighted by Crippen LogP contribution is 2.38. The molecule has 3 nitrogen and oxygen atoms in total. The van der Waals surface area contributed by atoms with Crippen LogP contribution in [0.5, 0.6) is 0 Å². The molecule has 0 amide bonds. The summed E-state index contributed by atoms with van der Waals surface area (Å²) in [6, 6.07) is 10.7. The van der Waals surface area contributed by atoms with Gasteiger partial charge in [-0.15, -0.1) is 10.2 Å². The molecule has 1 aliphatic carbocycles. The Bertz CT molecular complexity index is 592. The fraction of sp³-hybridized carbons (Fsp3) is 0.375. The third kappa shape index (κ3) is 2.21. The van der Waals surface area contributed by atoms with Gasteiger partial charge in [0.25, 0.3) is 0 Å². The first kappa shape index (κ1) is 12.2. The van der Waals surface area contributed by atoms with Gasteiger partial charge in [0.05, 0.1) is 5.69 Å². The van der Waals surface area contributed by atoms with Gasteiger partial charge in [0, 0.05) is 12.1 Å². The predicted octanol–water partition coefficient (Wildman–Crippen LogP) is 3.63. The van der Waals surface area contributed by atoms with Gasteiger partial charge in [0.1, 0.15) is 5.82 Å². The molecule has 0 saturated heterocycles. The Morgan fingerprint density at radius 3 is 2.95 bits per heavy atom. The molecule has 3 rings (SSSR count). The molecule has 1 unspecified atom stereocenters. The number of rotatable bonds is 3. The Morgan fingerprint density at radius 2 is 2.11 bits per heavy atom. The minimum Gasteiger partial charge on any atom is -0.369 e. The van der Waals surface area contributed by atoms with Crippen molar-refractivity contribution in [2.45, 2.75) is 32.6 Å². The molecule has 98 valence electrons. The van der Waals surface area contributed by atoms with Crippen molar-refractivity contribution in [3.05, 3.63) is 41.5 Å². The van der Waals surface area contributed by atoms with Gasteiger partial charge in [-0.05, 0) is 36.0 Å². The van der Waals surface area contributed by atoms with E-state index in [9.17, 15) is 0 Å². The zero-order chi connectivity index (χ0) is 13.2. The molecule has 3 heteroatoms. The van der Waals surface area contributed by atoms with E-state index in [1.54, 1.807) is 0 Å². The van der Waals surface area contributed by atoms with E-state index in [0.29, 0.717) is 5.92 Å². The summed E-state index contributed by atoms with van der Waals surface area (Å²) in [7, 11) is 0. The van der Waals surface area contributed by atoms with Crippen LogP contribution in [0.4, 0.5) is 5.82 Å². The van der Waals surface area contributed by atoms with Crippen molar-refractivity contribution in [3.8, 4) is 11.3 Å². The molecule has 1 aromatic carbocycles. The second-order valence-electron chi connectivity index (χ2n) is 5.22. The molecule has 0 spiro atoms. The number of nitrogens with zero attached hydrogens (tertiary/aromatic N) is 2. The Labute approximate surface area is 114 Å². The van der Waals surface area contributed by atoms with Crippen LogP contribution in [0, 0.1) is 0 Å². The van der Waals surface area contributed by atoms with Crippen LogP contribution in [0.1, 0.15) is 37.3 Å². The van der Waals surface area contributed by atoms with Gasteiger partial charge < -0.3 is 5.32 Å². The number of hydrogen-bond acceptors (Lipinski definition) is 3. The highest BCUT2D eigenvalue weighted by atomic mass is 15.2. The van der Waals surface area contributed by atoms with Crippen molar-refractivity contribution in [1.29, 1.82) is 0 Å². The molecule has 19 heavy (non-hydrogen) atoms. The first-order valence-electron chi connectivity index (χ1n) is 6.99. The minimum absolute atomic E-state index is 0.548. The summed E-state index contributed by atoms with van der Waals surface area (Å²) in [6.45, 7) is 5.37. The molecular weight excluding hydrogens is 234 g/mol. The summed E-state index contributed by atoms with van der Waals surface area (Å²) in [6.07, 6.45) is 2.14. The van der Waals surface area contributed by atoms with E-state index in [0.717, 1.165) is 30.9 Å². The largest absolute Gasteiger partial charge is 0.369 e. The van der Waals surface area contributed by atoms with Gasteiger partial charge in [-0.1, -0.05) is 38.1 Å². The molecule has 0 radical (unpaired) electrons. The molecule has 1 aromatic heterocycles. The SMILES string of the molecule is CCCNc1cc2c(nn1)-c1ccccc1C(C)C2. The number of aromatic nitrogens is 2. The Hall–Kier alpha value is -1.90. The summed E-state index contributed by atoms with van der Waals surface area (Å²) in [5.74, 6) is 1.44. The minimum atomic E-state index is 0.548. The van der Waals surface area contributed by atoms with Crippen LogP contribution in [0.3, 0.4) is 0 Å². The molecule has 1 heterocycles. The monoisotopic (exact) mass is 253 g/mol. The van der Waals surface area contributed by atoms with Crippen LogP contribution in [0.25, 0.3) is 11.3 Å². The summed E-state index contributed by atoms with van der Waals surface area (Å²) < 4.78 is 0. The molecule has 0 fully saturated rings. The Kier molecular flexibility index (Phi) is 3.20. The van der Waals surface area contributed by atoms with E-state index >= 15 is 0 Å². The molecule has 0 saturated carbocycles. The fourth-order valence-electron chi connectivity index (χ4n) is 2.73. The molecule has 0 aliphatic heterocycles. The normalized spacial score (nSPS) is 16.6. The lowest BCUT2D eigenvalue weighted by molar-refractivity contribution is 0.738. The third-order valence-electron chi connectivity index (χ3n) is 3.70. The van der Waals surface area contributed by atoms with Gasteiger partial charge in [-0.3, -0.25) is 0 Å². The third-order valence-corrected chi connectivity index (χ3v) is 3.70. The number of hydrogen-bond donors (Lipinski definition) is 1.